The SMILES string of the molecule is CCn1ncnc1CNCc1ccc(CO)cc1. The van der Waals surface area contributed by atoms with Gasteiger partial charge in [0.25, 0.3) is 0 Å². The number of nitrogens with one attached hydrogen (secondary N) is 1. The predicted octanol–water partition coefficient (Wildman–Crippen LogP) is 1.08. The highest BCUT2D eigenvalue weighted by atomic mass is 16.3. The maximum atomic E-state index is 8.95. The Morgan fingerprint density at radius 3 is 2.56 bits per heavy atom. The lowest BCUT2D eigenvalue weighted by atomic mass is 10.1. The first-order valence-corrected chi connectivity index (χ1v) is 6.09. The molecule has 0 unspecified atom stereocenters. The van der Waals surface area contributed by atoms with Crippen LogP contribution in [0.15, 0.2) is 30.6 Å². The Labute approximate surface area is 106 Å². The Morgan fingerprint density at radius 1 is 1.17 bits per heavy atom. The van der Waals surface area contributed by atoms with Gasteiger partial charge in [0.2, 0.25) is 0 Å². The summed E-state index contributed by atoms with van der Waals surface area (Å²) in [5, 5.41) is 16.4. The van der Waals surface area contributed by atoms with Crippen LogP contribution < -0.4 is 5.32 Å². The number of aryl methyl sites for hydroxylation is 1. The van der Waals surface area contributed by atoms with Crippen LogP contribution in [0.2, 0.25) is 0 Å². The number of rotatable bonds is 6. The zero-order chi connectivity index (χ0) is 12.8. The van der Waals surface area contributed by atoms with E-state index in [0.717, 1.165) is 24.5 Å². The van der Waals surface area contributed by atoms with Crippen LogP contribution in [0.5, 0.6) is 0 Å². The molecule has 0 amide bonds. The smallest absolute Gasteiger partial charge is 0.140 e. The number of hydrogen-bond donors (Lipinski definition) is 2. The zero-order valence-corrected chi connectivity index (χ0v) is 10.5. The Hall–Kier alpha value is -1.72. The summed E-state index contributed by atoms with van der Waals surface area (Å²) in [7, 11) is 0. The molecule has 18 heavy (non-hydrogen) atoms. The second-order valence-electron chi connectivity index (χ2n) is 4.07. The van der Waals surface area contributed by atoms with Crippen molar-refractivity contribution < 1.29 is 5.11 Å². The number of aliphatic hydroxyl groups excluding tert-OH is 1. The van der Waals surface area contributed by atoms with Crippen LogP contribution in [0.25, 0.3) is 0 Å². The lowest BCUT2D eigenvalue weighted by Gasteiger charge is -2.06. The third-order valence-electron chi connectivity index (χ3n) is 2.81. The molecule has 1 heterocycles. The zero-order valence-electron chi connectivity index (χ0n) is 10.5. The molecule has 0 aliphatic rings. The summed E-state index contributed by atoms with van der Waals surface area (Å²) in [6, 6.07) is 7.91. The van der Waals surface area contributed by atoms with Gasteiger partial charge in [-0.3, -0.25) is 0 Å². The van der Waals surface area contributed by atoms with Gasteiger partial charge in [-0.1, -0.05) is 24.3 Å². The first-order valence-electron chi connectivity index (χ1n) is 6.09. The molecule has 0 radical (unpaired) electrons. The number of aromatic nitrogens is 3. The summed E-state index contributed by atoms with van der Waals surface area (Å²) in [6.45, 7) is 4.46. The molecular formula is C13H18N4O. The van der Waals surface area contributed by atoms with Gasteiger partial charge < -0.3 is 10.4 Å². The molecule has 0 bridgehead atoms. The quantitative estimate of drug-likeness (QED) is 0.800. The summed E-state index contributed by atoms with van der Waals surface area (Å²) in [4.78, 5) is 4.20. The van der Waals surface area contributed by atoms with Crippen molar-refractivity contribution in [2.24, 2.45) is 0 Å². The van der Waals surface area contributed by atoms with Crippen LogP contribution in [0.1, 0.15) is 23.9 Å². The van der Waals surface area contributed by atoms with Crippen molar-refractivity contribution in [2.75, 3.05) is 0 Å². The average Bonchev–Trinajstić information content (AvgIpc) is 2.87. The van der Waals surface area contributed by atoms with E-state index in [1.54, 1.807) is 6.33 Å². The van der Waals surface area contributed by atoms with Crippen molar-refractivity contribution in [3.63, 3.8) is 0 Å². The Bertz CT molecular complexity index is 478. The van der Waals surface area contributed by atoms with Gasteiger partial charge in [-0.15, -0.1) is 0 Å². The maximum Gasteiger partial charge on any atom is 0.140 e. The summed E-state index contributed by atoms with van der Waals surface area (Å²) < 4.78 is 1.88. The molecule has 2 rings (SSSR count). The molecule has 2 N–H and O–H groups in total. The number of benzene rings is 1. The van der Waals surface area contributed by atoms with Crippen molar-refractivity contribution in [1.82, 2.24) is 20.1 Å². The van der Waals surface area contributed by atoms with Crippen LogP contribution in [-0.2, 0) is 26.2 Å². The van der Waals surface area contributed by atoms with Crippen LogP contribution >= 0.6 is 0 Å². The van der Waals surface area contributed by atoms with Crippen molar-refractivity contribution in [1.29, 1.82) is 0 Å². The molecule has 5 nitrogen and oxygen atoms in total. The molecule has 0 fully saturated rings. The van der Waals surface area contributed by atoms with E-state index < -0.39 is 0 Å². The van der Waals surface area contributed by atoms with Crippen molar-refractivity contribution in [3.05, 3.63) is 47.5 Å². The van der Waals surface area contributed by atoms with Crippen molar-refractivity contribution in [3.8, 4) is 0 Å². The fourth-order valence-electron chi connectivity index (χ4n) is 1.77. The van der Waals surface area contributed by atoms with Gasteiger partial charge in [0.05, 0.1) is 13.2 Å². The largest absolute Gasteiger partial charge is 0.392 e. The standard InChI is InChI=1S/C13H18N4O/c1-2-17-13(15-10-16-17)8-14-7-11-3-5-12(9-18)6-4-11/h3-6,10,14,18H,2,7-9H2,1H3. The second-order valence-corrected chi connectivity index (χ2v) is 4.07. The molecule has 1 aromatic heterocycles. The normalized spacial score (nSPS) is 10.8. The molecule has 2 aromatic rings. The first kappa shape index (κ1) is 12.7. The molecule has 5 heteroatoms. The van der Waals surface area contributed by atoms with E-state index in [-0.39, 0.29) is 6.61 Å². The van der Waals surface area contributed by atoms with Gasteiger partial charge in [-0.05, 0) is 18.1 Å². The molecular weight excluding hydrogens is 228 g/mol. The summed E-state index contributed by atoms with van der Waals surface area (Å²) >= 11 is 0. The summed E-state index contributed by atoms with van der Waals surface area (Å²) in [5.41, 5.74) is 2.12. The highest BCUT2D eigenvalue weighted by Crippen LogP contribution is 2.04. The van der Waals surface area contributed by atoms with E-state index in [4.69, 9.17) is 5.11 Å². The lowest BCUT2D eigenvalue weighted by molar-refractivity contribution is 0.282. The Balaban J connectivity index is 1.84. The van der Waals surface area contributed by atoms with Gasteiger partial charge in [-0.25, -0.2) is 9.67 Å². The second kappa shape index (κ2) is 6.28. The van der Waals surface area contributed by atoms with E-state index in [2.05, 4.69) is 15.4 Å². The predicted molar refractivity (Wildman–Crippen MR) is 68.6 cm³/mol. The van der Waals surface area contributed by atoms with E-state index in [0.29, 0.717) is 6.54 Å². The molecule has 0 saturated carbocycles. The van der Waals surface area contributed by atoms with E-state index in [1.165, 1.54) is 5.56 Å². The van der Waals surface area contributed by atoms with E-state index in [1.807, 2.05) is 35.9 Å². The highest BCUT2D eigenvalue weighted by molar-refractivity contribution is 5.21. The fourth-order valence-corrected chi connectivity index (χ4v) is 1.77. The highest BCUT2D eigenvalue weighted by Gasteiger charge is 2.01. The maximum absolute atomic E-state index is 8.95. The molecule has 0 aliphatic heterocycles. The van der Waals surface area contributed by atoms with Crippen molar-refractivity contribution >= 4 is 0 Å². The van der Waals surface area contributed by atoms with Crippen LogP contribution in [0.4, 0.5) is 0 Å². The molecule has 0 aliphatic carbocycles. The molecule has 0 spiro atoms. The number of aliphatic hydroxyl groups is 1. The Morgan fingerprint density at radius 2 is 1.89 bits per heavy atom. The lowest BCUT2D eigenvalue weighted by Crippen LogP contribution is -2.17. The topological polar surface area (TPSA) is 63.0 Å². The van der Waals surface area contributed by atoms with Gasteiger partial charge in [0.1, 0.15) is 12.2 Å². The van der Waals surface area contributed by atoms with Gasteiger partial charge in [0, 0.05) is 13.1 Å². The average molecular weight is 246 g/mol. The third-order valence-corrected chi connectivity index (χ3v) is 2.81. The van der Waals surface area contributed by atoms with Crippen LogP contribution in [0, 0.1) is 0 Å². The minimum atomic E-state index is 0.0906. The minimum Gasteiger partial charge on any atom is -0.392 e. The van der Waals surface area contributed by atoms with Crippen LogP contribution in [0.3, 0.4) is 0 Å². The number of nitrogens with zero attached hydrogens (tertiary/aromatic N) is 3. The van der Waals surface area contributed by atoms with Gasteiger partial charge in [0.15, 0.2) is 0 Å². The molecule has 0 saturated heterocycles. The third kappa shape index (κ3) is 3.15. The monoisotopic (exact) mass is 246 g/mol. The van der Waals surface area contributed by atoms with Crippen molar-refractivity contribution in [2.45, 2.75) is 33.2 Å². The van der Waals surface area contributed by atoms with Gasteiger partial charge in [-0.2, -0.15) is 5.10 Å². The Kier molecular flexibility index (Phi) is 4.44. The molecule has 0 atom stereocenters. The number of hydrogen-bond acceptors (Lipinski definition) is 4. The molecule has 96 valence electrons. The van der Waals surface area contributed by atoms with E-state index >= 15 is 0 Å². The fraction of sp³-hybridized carbons (Fsp3) is 0.385. The first-order chi connectivity index (χ1) is 8.83. The summed E-state index contributed by atoms with van der Waals surface area (Å²) in [6.07, 6.45) is 1.58. The van der Waals surface area contributed by atoms with Crippen LogP contribution in [-0.4, -0.2) is 19.9 Å². The van der Waals surface area contributed by atoms with Gasteiger partial charge >= 0.3 is 0 Å². The van der Waals surface area contributed by atoms with E-state index in [9.17, 15) is 0 Å². The molecule has 1 aromatic carbocycles. The summed E-state index contributed by atoms with van der Waals surface area (Å²) in [5.74, 6) is 0.949. The minimum absolute atomic E-state index is 0.0906.